The van der Waals surface area contributed by atoms with Crippen LogP contribution in [0.1, 0.15) is 68.9 Å². The van der Waals surface area contributed by atoms with Crippen LogP contribution in [0.25, 0.3) is 5.57 Å². The van der Waals surface area contributed by atoms with Crippen molar-refractivity contribution in [3.63, 3.8) is 0 Å². The number of aryl methyl sites for hydroxylation is 3. The van der Waals surface area contributed by atoms with E-state index in [0.717, 1.165) is 6.42 Å². The number of halogens is 2. The Labute approximate surface area is 207 Å². The van der Waals surface area contributed by atoms with Crippen LogP contribution >= 0.6 is 0 Å². The van der Waals surface area contributed by atoms with Crippen molar-refractivity contribution in [1.29, 1.82) is 0 Å². The third-order valence-corrected chi connectivity index (χ3v) is 7.65. The maximum atomic E-state index is 2.47. The van der Waals surface area contributed by atoms with E-state index in [-0.39, 0.29) is 30.4 Å². The first-order valence-corrected chi connectivity index (χ1v) is 10.8. The smallest absolute Gasteiger partial charge is 1.00 e. The molecule has 0 amide bonds. The van der Waals surface area contributed by atoms with Gasteiger partial charge < -0.3 is 24.8 Å². The molecule has 0 radical (unpaired) electrons. The first-order valence-electron chi connectivity index (χ1n) is 10.1. The summed E-state index contributed by atoms with van der Waals surface area (Å²) in [6.45, 7) is 18.1. The van der Waals surface area contributed by atoms with Gasteiger partial charge in [0.1, 0.15) is 0 Å². The first-order chi connectivity index (χ1) is 13.1. The van der Waals surface area contributed by atoms with Crippen LogP contribution in [0, 0.1) is 20.8 Å². The molecule has 30 heavy (non-hydrogen) atoms. The zero-order valence-electron chi connectivity index (χ0n) is 19.4. The van der Waals surface area contributed by atoms with Crippen molar-refractivity contribution in [2.24, 2.45) is 0 Å². The molecule has 0 saturated carbocycles. The molecule has 0 fully saturated rings. The number of nitrogens with zero attached hydrogens (tertiary/aromatic N) is 1. The van der Waals surface area contributed by atoms with Gasteiger partial charge in [0.25, 0.3) is 0 Å². The normalized spacial score (nSPS) is 13.9. The van der Waals surface area contributed by atoms with Crippen LogP contribution < -0.4 is 28.2 Å². The summed E-state index contributed by atoms with van der Waals surface area (Å²) in [6.07, 6.45) is 1.07. The second kappa shape index (κ2) is 10.1. The number of anilines is 1. The number of hydrogen-bond acceptors (Lipinski definition) is 1. The molecule has 2 aromatic rings. The van der Waals surface area contributed by atoms with Gasteiger partial charge in [-0.15, -0.1) is 0 Å². The fourth-order valence-corrected chi connectivity index (χ4v) is 5.32. The van der Waals surface area contributed by atoms with Gasteiger partial charge in [-0.05, 0) is 0 Å². The van der Waals surface area contributed by atoms with Gasteiger partial charge in [0.2, 0.25) is 0 Å². The van der Waals surface area contributed by atoms with Crippen LogP contribution in [-0.2, 0) is 26.2 Å². The molecule has 0 atom stereocenters. The summed E-state index contributed by atoms with van der Waals surface area (Å²) in [5, 5.41) is 0. The minimum absolute atomic E-state index is 0. The summed E-state index contributed by atoms with van der Waals surface area (Å²) in [6, 6.07) is 13.6. The minimum Gasteiger partial charge on any atom is -1.00 e. The molecule has 3 rings (SSSR count). The zero-order valence-corrected chi connectivity index (χ0v) is 22.4. The Morgan fingerprint density at radius 1 is 0.833 bits per heavy atom. The third kappa shape index (κ3) is 4.75. The Bertz CT molecular complexity index is 979. The Kier molecular flexibility index (Phi) is 9.10. The van der Waals surface area contributed by atoms with E-state index in [0.29, 0.717) is 0 Å². The molecule has 4 heteroatoms. The van der Waals surface area contributed by atoms with Crippen LogP contribution in [0.5, 0.6) is 0 Å². The topological polar surface area (TPSA) is 3.24 Å². The Hall–Kier alpha value is -0.986. The minimum atomic E-state index is -0.126. The molecule has 1 nitrogen and oxygen atoms in total. The second-order valence-electron chi connectivity index (χ2n) is 8.87. The molecule has 1 aliphatic carbocycles. The molecule has 0 aromatic heterocycles. The van der Waals surface area contributed by atoms with Crippen molar-refractivity contribution >= 4 is 11.3 Å². The summed E-state index contributed by atoms with van der Waals surface area (Å²) in [4.78, 5) is 0. The van der Waals surface area contributed by atoms with E-state index in [1.165, 1.54) is 55.8 Å². The average molecular weight is 477 g/mol. The summed E-state index contributed by atoms with van der Waals surface area (Å²) in [5.41, 5.74) is 13.9. The van der Waals surface area contributed by atoms with Crippen LogP contribution in [0.4, 0.5) is 5.69 Å². The number of rotatable bonds is 4. The maximum absolute atomic E-state index is 2.47. The SMILES string of the molecule is CC1=C(C)C(C)=C(c2ccccc2C(C)(C)[N]([Ti+2])c2c(C)cc(C)cc2C)C1.[Cl-].[Cl-]. The van der Waals surface area contributed by atoms with E-state index in [4.69, 9.17) is 0 Å². The molecule has 0 aliphatic heterocycles. The van der Waals surface area contributed by atoms with Crippen molar-refractivity contribution in [2.45, 2.75) is 67.3 Å². The molecule has 0 N–H and O–H groups in total. The summed E-state index contributed by atoms with van der Waals surface area (Å²) in [7, 11) is 0. The molecule has 0 spiro atoms. The van der Waals surface area contributed by atoms with Gasteiger partial charge in [0, 0.05) is 0 Å². The fraction of sp³-hybridized carbons (Fsp3) is 0.385. The van der Waals surface area contributed by atoms with Gasteiger partial charge >= 0.3 is 184 Å². The number of benzene rings is 2. The Balaban J connectivity index is 0.00000225. The molecular weight excluding hydrogens is 445 g/mol. The second-order valence-corrected chi connectivity index (χ2v) is 9.57. The molecule has 0 heterocycles. The monoisotopic (exact) mass is 476 g/mol. The predicted octanol–water partition coefficient (Wildman–Crippen LogP) is 1.34. The van der Waals surface area contributed by atoms with E-state index in [1.807, 2.05) is 0 Å². The Morgan fingerprint density at radius 3 is 1.87 bits per heavy atom. The van der Waals surface area contributed by atoms with Gasteiger partial charge in [-0.3, -0.25) is 0 Å². The number of allylic oxidation sites excluding steroid dienone is 4. The fourth-order valence-electron chi connectivity index (χ4n) is 4.58. The zero-order chi connectivity index (χ0) is 20.8. The summed E-state index contributed by atoms with van der Waals surface area (Å²) >= 11 is 2.24. The maximum Gasteiger partial charge on any atom is -1.00 e. The van der Waals surface area contributed by atoms with Gasteiger partial charge in [0.05, 0.1) is 0 Å². The molecule has 1 aliphatic rings. The van der Waals surface area contributed by atoms with Crippen molar-refractivity contribution in [3.05, 3.63) is 80.9 Å². The number of hydrogen-bond donors (Lipinski definition) is 0. The van der Waals surface area contributed by atoms with Crippen LogP contribution in [0.3, 0.4) is 0 Å². The van der Waals surface area contributed by atoms with E-state index in [2.05, 4.69) is 116 Å². The van der Waals surface area contributed by atoms with Gasteiger partial charge in [-0.2, -0.15) is 0 Å². The van der Waals surface area contributed by atoms with Crippen molar-refractivity contribution in [2.75, 3.05) is 3.38 Å². The molecule has 0 saturated heterocycles. The van der Waals surface area contributed by atoms with E-state index < -0.39 is 0 Å². The van der Waals surface area contributed by atoms with E-state index in [9.17, 15) is 0 Å². The van der Waals surface area contributed by atoms with Crippen LogP contribution in [0.2, 0.25) is 0 Å². The van der Waals surface area contributed by atoms with Gasteiger partial charge in [-0.1, -0.05) is 0 Å². The molecule has 0 unspecified atom stereocenters. The quantitative estimate of drug-likeness (QED) is 0.602. The van der Waals surface area contributed by atoms with Gasteiger partial charge in [0.15, 0.2) is 0 Å². The predicted molar refractivity (Wildman–Crippen MR) is 118 cm³/mol. The van der Waals surface area contributed by atoms with Crippen molar-refractivity contribution < 1.29 is 45.5 Å². The molecule has 159 valence electrons. The van der Waals surface area contributed by atoms with Crippen molar-refractivity contribution in [1.82, 2.24) is 0 Å². The summed E-state index contributed by atoms with van der Waals surface area (Å²) in [5.74, 6) is 0. The Morgan fingerprint density at radius 2 is 1.37 bits per heavy atom. The molecule has 2 aromatic carbocycles. The average Bonchev–Trinajstić information content (AvgIpc) is 2.88. The van der Waals surface area contributed by atoms with E-state index in [1.54, 1.807) is 0 Å². The standard InChI is InChI=1S/C26H32N.2ClH.Ti/c1-16-13-18(3)25(19(4)14-16)27-26(7,8)24-12-10-9-11-22(24)23-15-17(2)20(5)21(23)6;;;/h9-14H,15H2,1-8H3;2*1H;/q-1;;;+3/p-2. The molecule has 0 bridgehead atoms. The first kappa shape index (κ1) is 27.0. The van der Waals surface area contributed by atoms with E-state index >= 15 is 0 Å². The summed E-state index contributed by atoms with van der Waals surface area (Å²) < 4.78 is 2.47. The van der Waals surface area contributed by atoms with Crippen LogP contribution in [-0.4, -0.2) is 0 Å². The largest absolute Gasteiger partial charge is 1.00 e. The van der Waals surface area contributed by atoms with Crippen LogP contribution in [0.15, 0.2) is 53.1 Å². The third-order valence-electron chi connectivity index (χ3n) is 6.43. The van der Waals surface area contributed by atoms with Gasteiger partial charge in [-0.25, -0.2) is 0 Å². The molecular formula is C26H32Cl2NTi. The van der Waals surface area contributed by atoms with Crippen molar-refractivity contribution in [3.8, 4) is 0 Å².